The van der Waals surface area contributed by atoms with Crippen LogP contribution in [0.3, 0.4) is 0 Å². The summed E-state index contributed by atoms with van der Waals surface area (Å²) in [6.45, 7) is 0. The van der Waals surface area contributed by atoms with Crippen LogP contribution in [0.4, 0.5) is 0 Å². The number of carbonyl (C=O) groups is 1. The molecule has 1 N–H and O–H groups in total. The van der Waals surface area contributed by atoms with E-state index in [0.29, 0.717) is 17.8 Å². The molecule has 0 aliphatic heterocycles. The SMILES string of the molecule is O=C(OC12CC3CC(CC(C3)C1)C2)[C@H]1[C@H](c2ccccc2)C=C[C@]1(O)c1ccccc1. The lowest BCUT2D eigenvalue weighted by molar-refractivity contribution is -0.197. The Bertz CT molecular complexity index is 960. The fourth-order valence-electron chi connectivity index (χ4n) is 7.46. The van der Waals surface area contributed by atoms with Crippen molar-refractivity contribution in [3.8, 4) is 0 Å². The summed E-state index contributed by atoms with van der Waals surface area (Å²) >= 11 is 0. The normalized spacial score (nSPS) is 40.2. The van der Waals surface area contributed by atoms with Gasteiger partial charge in [-0.15, -0.1) is 0 Å². The van der Waals surface area contributed by atoms with Crippen LogP contribution < -0.4 is 0 Å². The molecule has 0 saturated heterocycles. The molecule has 0 radical (unpaired) electrons. The van der Waals surface area contributed by atoms with Crippen LogP contribution in [0, 0.1) is 23.7 Å². The lowest BCUT2D eigenvalue weighted by Gasteiger charge is -2.56. The highest BCUT2D eigenvalue weighted by Gasteiger charge is 2.56. The highest BCUT2D eigenvalue weighted by molar-refractivity contribution is 5.78. The number of hydrogen-bond donors (Lipinski definition) is 1. The van der Waals surface area contributed by atoms with Gasteiger partial charge in [0.25, 0.3) is 0 Å². The third-order valence-corrected chi connectivity index (χ3v) is 8.36. The van der Waals surface area contributed by atoms with Gasteiger partial charge in [-0.3, -0.25) is 4.79 Å². The van der Waals surface area contributed by atoms with E-state index < -0.39 is 11.5 Å². The second-order valence-corrected chi connectivity index (χ2v) is 10.5. The van der Waals surface area contributed by atoms with Crippen molar-refractivity contribution < 1.29 is 14.6 Å². The van der Waals surface area contributed by atoms with Crippen LogP contribution in [0.25, 0.3) is 0 Å². The van der Waals surface area contributed by atoms with E-state index in [1.165, 1.54) is 19.3 Å². The standard InChI is InChI=1S/C28H30O3/c29-26(31-27-16-19-13-20(17-27)15-21(14-19)18-27)25-24(22-7-3-1-4-8-22)11-12-28(25,30)23-9-5-2-6-10-23/h1-12,19-21,24-25,30H,13-18H2/t19?,20?,21?,24-,25+,27?,28-/m0/s1. The molecule has 4 saturated carbocycles. The molecule has 4 bridgehead atoms. The molecular weight excluding hydrogens is 384 g/mol. The minimum atomic E-state index is -1.36. The van der Waals surface area contributed by atoms with E-state index >= 15 is 0 Å². The summed E-state index contributed by atoms with van der Waals surface area (Å²) in [6, 6.07) is 19.6. The van der Waals surface area contributed by atoms with Crippen molar-refractivity contribution in [2.24, 2.45) is 23.7 Å². The summed E-state index contributed by atoms with van der Waals surface area (Å²) < 4.78 is 6.46. The first-order valence-corrected chi connectivity index (χ1v) is 11.8. The van der Waals surface area contributed by atoms with Gasteiger partial charge in [-0.1, -0.05) is 72.8 Å². The average Bonchev–Trinajstić information content (AvgIpc) is 3.12. The minimum absolute atomic E-state index is 0.201. The quantitative estimate of drug-likeness (QED) is 0.541. The van der Waals surface area contributed by atoms with Crippen molar-refractivity contribution in [1.82, 2.24) is 0 Å². The fourth-order valence-corrected chi connectivity index (χ4v) is 7.46. The maximum atomic E-state index is 13.9. The molecule has 31 heavy (non-hydrogen) atoms. The van der Waals surface area contributed by atoms with Crippen LogP contribution in [0.2, 0.25) is 0 Å². The topological polar surface area (TPSA) is 46.5 Å². The van der Waals surface area contributed by atoms with Gasteiger partial charge in [0.05, 0.1) is 0 Å². The lowest BCUT2D eigenvalue weighted by atomic mass is 9.54. The molecular formula is C28H30O3. The lowest BCUT2D eigenvalue weighted by Crippen LogP contribution is -2.54. The van der Waals surface area contributed by atoms with E-state index in [1.54, 1.807) is 0 Å². The average molecular weight is 415 g/mol. The Morgan fingerprint density at radius 3 is 1.97 bits per heavy atom. The number of carbonyl (C=O) groups excluding carboxylic acids is 1. The number of ether oxygens (including phenoxy) is 1. The van der Waals surface area contributed by atoms with E-state index in [9.17, 15) is 9.90 Å². The summed E-state index contributed by atoms with van der Waals surface area (Å²) in [5.74, 6) is 1.00. The van der Waals surface area contributed by atoms with E-state index in [0.717, 1.165) is 30.4 Å². The Labute approximate surface area is 184 Å². The predicted octanol–water partition coefficient (Wildman–Crippen LogP) is 5.36. The van der Waals surface area contributed by atoms with E-state index in [4.69, 9.17) is 4.74 Å². The first kappa shape index (κ1) is 19.3. The summed E-state index contributed by atoms with van der Waals surface area (Å²) in [6.07, 6.45) is 10.7. The van der Waals surface area contributed by atoms with Gasteiger partial charge in [0, 0.05) is 5.92 Å². The van der Waals surface area contributed by atoms with Gasteiger partial charge >= 0.3 is 5.97 Å². The van der Waals surface area contributed by atoms with Crippen LogP contribution in [0.15, 0.2) is 72.8 Å². The van der Waals surface area contributed by atoms with E-state index in [1.807, 2.05) is 72.8 Å². The third-order valence-electron chi connectivity index (χ3n) is 8.36. The van der Waals surface area contributed by atoms with Crippen molar-refractivity contribution in [3.63, 3.8) is 0 Å². The Balaban J connectivity index is 1.35. The smallest absolute Gasteiger partial charge is 0.314 e. The van der Waals surface area contributed by atoms with Crippen LogP contribution in [0.5, 0.6) is 0 Å². The van der Waals surface area contributed by atoms with Crippen molar-refractivity contribution in [3.05, 3.63) is 83.9 Å². The monoisotopic (exact) mass is 414 g/mol. The van der Waals surface area contributed by atoms with E-state index in [-0.39, 0.29) is 17.5 Å². The molecule has 3 nitrogen and oxygen atoms in total. The van der Waals surface area contributed by atoms with Crippen molar-refractivity contribution in [2.45, 2.75) is 55.6 Å². The second-order valence-electron chi connectivity index (χ2n) is 10.5. The molecule has 5 aliphatic carbocycles. The van der Waals surface area contributed by atoms with Gasteiger partial charge in [0.2, 0.25) is 0 Å². The zero-order valence-electron chi connectivity index (χ0n) is 17.8. The van der Waals surface area contributed by atoms with Gasteiger partial charge in [0.15, 0.2) is 0 Å². The fraction of sp³-hybridized carbons (Fsp3) is 0.464. The molecule has 0 spiro atoms. The molecule has 3 heteroatoms. The van der Waals surface area contributed by atoms with Crippen LogP contribution in [-0.4, -0.2) is 16.7 Å². The van der Waals surface area contributed by atoms with Crippen molar-refractivity contribution >= 4 is 5.97 Å². The van der Waals surface area contributed by atoms with Gasteiger partial charge in [-0.2, -0.15) is 0 Å². The number of esters is 1. The predicted molar refractivity (Wildman–Crippen MR) is 119 cm³/mol. The maximum absolute atomic E-state index is 13.9. The van der Waals surface area contributed by atoms with Crippen LogP contribution >= 0.6 is 0 Å². The first-order valence-electron chi connectivity index (χ1n) is 11.8. The Morgan fingerprint density at radius 1 is 0.839 bits per heavy atom. The highest BCUT2D eigenvalue weighted by Crippen LogP contribution is 2.58. The molecule has 0 amide bonds. The first-order chi connectivity index (χ1) is 15.0. The molecule has 160 valence electrons. The molecule has 4 fully saturated rings. The zero-order valence-corrected chi connectivity index (χ0v) is 17.8. The number of rotatable bonds is 4. The molecule has 0 aromatic heterocycles. The molecule has 3 atom stereocenters. The van der Waals surface area contributed by atoms with Crippen molar-refractivity contribution in [1.29, 1.82) is 0 Å². The molecule has 2 aromatic carbocycles. The second kappa shape index (κ2) is 7.06. The third kappa shape index (κ3) is 3.17. The van der Waals surface area contributed by atoms with Crippen molar-refractivity contribution in [2.75, 3.05) is 0 Å². The zero-order chi connectivity index (χ0) is 21.1. The minimum Gasteiger partial charge on any atom is -0.459 e. The number of allylic oxidation sites excluding steroid dienone is 1. The largest absolute Gasteiger partial charge is 0.459 e. The summed E-state index contributed by atoms with van der Waals surface area (Å²) in [5, 5.41) is 11.8. The molecule has 7 rings (SSSR count). The maximum Gasteiger partial charge on any atom is 0.314 e. The van der Waals surface area contributed by atoms with E-state index in [2.05, 4.69) is 0 Å². The number of hydrogen-bond acceptors (Lipinski definition) is 3. The highest BCUT2D eigenvalue weighted by atomic mass is 16.6. The Kier molecular flexibility index (Phi) is 4.40. The van der Waals surface area contributed by atoms with Crippen LogP contribution in [0.1, 0.15) is 55.6 Å². The van der Waals surface area contributed by atoms with Gasteiger partial charge in [-0.05, 0) is 67.4 Å². The van der Waals surface area contributed by atoms with Gasteiger partial charge < -0.3 is 9.84 Å². The van der Waals surface area contributed by atoms with Gasteiger partial charge in [0.1, 0.15) is 17.1 Å². The molecule has 0 unspecified atom stereocenters. The Morgan fingerprint density at radius 2 is 1.39 bits per heavy atom. The summed E-state index contributed by atoms with van der Waals surface area (Å²) in [5.41, 5.74) is 0.115. The molecule has 0 heterocycles. The van der Waals surface area contributed by atoms with Gasteiger partial charge in [-0.25, -0.2) is 0 Å². The summed E-state index contributed by atoms with van der Waals surface area (Å²) in [7, 11) is 0. The van der Waals surface area contributed by atoms with Crippen LogP contribution in [-0.2, 0) is 15.1 Å². The molecule has 5 aliphatic rings. The Hall–Kier alpha value is -2.39. The molecule has 2 aromatic rings. The summed E-state index contributed by atoms with van der Waals surface area (Å²) in [4.78, 5) is 13.9. The number of aliphatic hydroxyl groups is 1. The number of benzene rings is 2.